The summed E-state index contributed by atoms with van der Waals surface area (Å²) in [6.45, 7) is 6.55. The van der Waals surface area contributed by atoms with Crippen LogP contribution in [0.2, 0.25) is 0 Å². The van der Waals surface area contributed by atoms with Crippen LogP contribution in [0.25, 0.3) is 21.8 Å². The molecular weight excluding hydrogens is 1700 g/mol. The number of hydrogen-bond donors (Lipinski definition) is 18. The van der Waals surface area contributed by atoms with Gasteiger partial charge >= 0.3 is 0 Å². The zero-order chi connectivity index (χ0) is 95.0. The van der Waals surface area contributed by atoms with Gasteiger partial charge in [-0.05, 0) is 112 Å². The Bertz CT molecular complexity index is 4900. The molecule has 2 aromatic heterocycles. The second-order valence-electron chi connectivity index (χ2n) is 34.5. The number of aromatic amines is 2. The molecule has 0 radical (unpaired) electrons. The summed E-state index contributed by atoms with van der Waals surface area (Å²) in [7, 11) is 4.05. The summed E-state index contributed by atoms with van der Waals surface area (Å²) in [6.07, 6.45) is 2.92. The number of phenols is 1. The molecule has 22 N–H and O–H groups in total. The van der Waals surface area contributed by atoms with Crippen molar-refractivity contribution in [2.45, 2.75) is 247 Å². The molecule has 708 valence electrons. The molecule has 5 aromatic rings. The Balaban J connectivity index is 1.08. The van der Waals surface area contributed by atoms with Gasteiger partial charge in [0, 0.05) is 106 Å². The number of amides is 17. The zero-order valence-electron chi connectivity index (χ0n) is 74.9. The molecule has 4 fully saturated rings. The standard InChI is InChI=1S/C89H127N21O19S/c1-9-11-24-68-82(123)105-89(32-17-18-33-89)88(129)104-67(76(117)96-45-73(93)114)47-130-48-74(115)97-63(37-51-27-29-54(111)30-28-51)83(124)106(6)50(5)75(116)100-65(41-72(92)113)85(126)109-35-19-26-69(109)80(121)103-66(42-91)79(120)101-62(36-49(3)4)86(127)110-46-55(112)40-71(110)81(122)99-61(38-52-43-94-58-22-15-13-20-56(52)58)78(119)98-60(31-34-90)77(118)102-64(39-53-44-95-59-23-16-14-21-57(53)59)84(125)108(8)70(25-12-10-2)87(128)107(68)7/h13-16,20-23,27-30,43-44,49-50,55,60-71,94-95,111-112H,9-12,17-19,24-26,31-42,45-48,90-91H2,1-8H3,(H2,92,113)(H2,93,114)(H,96,117)(H,97,115)(H,98,119)(H,99,122)(H,100,116)(H,101,120)(H,102,118)(H,103,121)(H,104,129)(H,105,123)/t50-,55+,60-,61-,62-,63-,64-,65-,66-,67-,68-,69-,70-,71-/m0/s1. The Morgan fingerprint density at radius 3 is 1.68 bits per heavy atom. The largest absolute Gasteiger partial charge is 0.508 e. The molecule has 14 atom stereocenters. The lowest BCUT2D eigenvalue weighted by Gasteiger charge is -2.38. The van der Waals surface area contributed by atoms with Crippen LogP contribution in [0, 0.1) is 5.92 Å². The van der Waals surface area contributed by atoms with Gasteiger partial charge < -0.3 is 121 Å². The van der Waals surface area contributed by atoms with Crippen molar-refractivity contribution in [1.82, 2.24) is 87.6 Å². The first-order valence-electron chi connectivity index (χ1n) is 44.5. The van der Waals surface area contributed by atoms with E-state index in [1.807, 2.05) is 26.0 Å². The van der Waals surface area contributed by atoms with Crippen LogP contribution >= 0.6 is 11.8 Å². The summed E-state index contributed by atoms with van der Waals surface area (Å²) in [5.74, 6) is -16.4. The summed E-state index contributed by atoms with van der Waals surface area (Å²) in [6, 6.07) is 0.613. The third-order valence-corrected chi connectivity index (χ3v) is 25.5. The maximum absolute atomic E-state index is 15.8. The number of aliphatic hydroxyl groups excluding tert-OH is 1. The molecule has 41 heteroatoms. The molecule has 5 heterocycles. The van der Waals surface area contributed by atoms with Gasteiger partial charge in [-0.25, -0.2) is 0 Å². The van der Waals surface area contributed by atoms with E-state index < -0.39 is 222 Å². The van der Waals surface area contributed by atoms with E-state index in [9.17, 15) is 53.4 Å². The molecule has 4 aliphatic rings. The summed E-state index contributed by atoms with van der Waals surface area (Å²) in [5.41, 5.74) is 24.8. The number of H-pyrrole nitrogens is 2. The second kappa shape index (κ2) is 47.4. The van der Waals surface area contributed by atoms with E-state index in [-0.39, 0.29) is 108 Å². The Hall–Kier alpha value is -12.2. The van der Waals surface area contributed by atoms with Crippen LogP contribution in [-0.2, 0) is 101 Å². The number of benzene rings is 3. The van der Waals surface area contributed by atoms with Crippen LogP contribution in [-0.4, -0.2) is 301 Å². The molecule has 1 spiro atoms. The monoisotopic (exact) mass is 1830 g/mol. The lowest BCUT2D eigenvalue weighted by Crippen LogP contribution is -2.64. The smallest absolute Gasteiger partial charge is 0.246 e. The fraction of sp³-hybridized carbons (Fsp3) is 0.562. The summed E-state index contributed by atoms with van der Waals surface area (Å²) in [4.78, 5) is 261. The normalized spacial score (nSPS) is 25.7. The predicted molar refractivity (Wildman–Crippen MR) is 481 cm³/mol. The average Bonchev–Trinajstić information content (AvgIpc) is 1.71. The first-order chi connectivity index (χ1) is 61.9. The van der Waals surface area contributed by atoms with Gasteiger partial charge in [-0.1, -0.05) is 115 Å². The van der Waals surface area contributed by atoms with Crippen LogP contribution in [0.15, 0.2) is 85.2 Å². The second-order valence-corrected chi connectivity index (χ2v) is 35.6. The Kier molecular flexibility index (Phi) is 37.0. The van der Waals surface area contributed by atoms with Gasteiger partial charge in [-0.3, -0.25) is 81.5 Å². The number of unbranched alkanes of at least 4 members (excludes halogenated alkanes) is 2. The summed E-state index contributed by atoms with van der Waals surface area (Å²) in [5, 5.41) is 50.0. The van der Waals surface area contributed by atoms with Gasteiger partial charge in [0.1, 0.15) is 89.8 Å². The number of nitrogens with one attached hydrogen (secondary N) is 12. The molecule has 3 saturated heterocycles. The minimum atomic E-state index is -1.75. The quantitative estimate of drug-likeness (QED) is 0.0360. The topological polar surface area (TPSA) is 603 Å². The van der Waals surface area contributed by atoms with Crippen molar-refractivity contribution in [3.63, 3.8) is 0 Å². The molecule has 1 aliphatic carbocycles. The van der Waals surface area contributed by atoms with E-state index in [0.29, 0.717) is 77.0 Å². The Morgan fingerprint density at radius 2 is 1.08 bits per heavy atom. The van der Waals surface area contributed by atoms with Crippen LogP contribution < -0.4 is 76.1 Å². The first kappa shape index (κ1) is 102. The maximum atomic E-state index is 15.8. The number of nitrogens with two attached hydrogens (primary N) is 4. The molecule has 1 saturated carbocycles. The highest BCUT2D eigenvalue weighted by Crippen LogP contribution is 2.33. The Morgan fingerprint density at radius 1 is 0.554 bits per heavy atom. The molecule has 9 rings (SSSR count). The first-order valence-corrected chi connectivity index (χ1v) is 45.6. The van der Waals surface area contributed by atoms with E-state index in [1.54, 1.807) is 62.6 Å². The van der Waals surface area contributed by atoms with Crippen LogP contribution in [0.5, 0.6) is 5.75 Å². The molecule has 3 aromatic carbocycles. The highest BCUT2D eigenvalue weighted by atomic mass is 32.2. The number of para-hydroxylation sites is 2. The van der Waals surface area contributed by atoms with E-state index in [0.717, 1.165) is 26.5 Å². The average molecular weight is 1830 g/mol. The molecule has 0 bridgehead atoms. The third kappa shape index (κ3) is 26.5. The minimum Gasteiger partial charge on any atom is -0.508 e. The SMILES string of the molecule is CCCC[C@H]1C(=O)N(C)[C@@H](CCCC)C(=O)NC2(CCCC2)C(=O)N[C@H](C(=O)NCC(N)=O)CSCC(=O)N[C@@H](Cc2ccc(O)cc2)C(=O)N(C)[C@@H](C)C(=O)N[C@@H](CC(N)=O)C(=O)N2CCC[C@H]2C(=O)N[C@@H](CN)C(=O)N[C@@H](CC(C)C)C(=O)N2C[C@H](O)C[C@H]2C(=O)N[C@@H](Cc2c[nH]c3ccccc23)C(=O)N[C@@H](CCN)C(=O)N[C@@H](Cc2c[nH]c3ccccc23)C(=O)N1C. The van der Waals surface area contributed by atoms with Crippen molar-refractivity contribution in [2.24, 2.45) is 28.9 Å². The number of primary amides is 2. The van der Waals surface area contributed by atoms with Crippen molar-refractivity contribution in [3.8, 4) is 5.75 Å². The van der Waals surface area contributed by atoms with E-state index in [2.05, 4.69) is 63.1 Å². The van der Waals surface area contributed by atoms with Crippen molar-refractivity contribution < 1.29 is 91.7 Å². The lowest BCUT2D eigenvalue weighted by molar-refractivity contribution is -0.150. The highest BCUT2D eigenvalue weighted by Gasteiger charge is 2.49. The molecular formula is C89H127N21O19S. The number of fused-ring (bicyclic) bond motifs is 4. The van der Waals surface area contributed by atoms with Gasteiger partial charge in [-0.15, -0.1) is 11.8 Å². The van der Waals surface area contributed by atoms with Crippen molar-refractivity contribution >= 4 is 134 Å². The molecule has 17 amide bonds. The van der Waals surface area contributed by atoms with Gasteiger partial charge in [0.15, 0.2) is 0 Å². The number of phenolic OH excluding ortho intramolecular Hbond substituents is 1. The van der Waals surface area contributed by atoms with Crippen molar-refractivity contribution in [3.05, 3.63) is 102 Å². The molecule has 3 aliphatic heterocycles. The van der Waals surface area contributed by atoms with Crippen molar-refractivity contribution in [2.75, 3.05) is 65.4 Å². The van der Waals surface area contributed by atoms with Crippen LogP contribution in [0.4, 0.5) is 0 Å². The van der Waals surface area contributed by atoms with Gasteiger partial charge in [0.05, 0.1) is 24.8 Å². The van der Waals surface area contributed by atoms with Crippen LogP contribution in [0.1, 0.15) is 154 Å². The number of carbonyl (C=O) groups is 17. The summed E-state index contributed by atoms with van der Waals surface area (Å²) >= 11 is 0.818. The molecule has 0 unspecified atom stereocenters. The van der Waals surface area contributed by atoms with E-state index >= 15 is 38.4 Å². The third-order valence-electron chi connectivity index (χ3n) is 24.5. The Labute approximate surface area is 758 Å². The fourth-order valence-electron chi connectivity index (χ4n) is 17.1. The van der Waals surface area contributed by atoms with Crippen LogP contribution in [0.3, 0.4) is 0 Å². The number of aliphatic hydroxyl groups is 1. The predicted octanol–water partition coefficient (Wildman–Crippen LogP) is -1.90. The zero-order valence-corrected chi connectivity index (χ0v) is 75.7. The van der Waals surface area contributed by atoms with Gasteiger partial charge in [-0.2, -0.15) is 0 Å². The van der Waals surface area contributed by atoms with Gasteiger partial charge in [0.2, 0.25) is 100 Å². The number of likely N-dealkylation sites (N-methyl/N-ethyl adjacent to an activating group) is 3. The maximum Gasteiger partial charge on any atom is 0.246 e. The number of rotatable bonds is 22. The number of carbonyl (C=O) groups excluding carboxylic acids is 17. The highest BCUT2D eigenvalue weighted by molar-refractivity contribution is 8.00. The molecule has 40 nitrogen and oxygen atoms in total. The fourth-order valence-corrected chi connectivity index (χ4v) is 18.0. The van der Waals surface area contributed by atoms with E-state index in [1.165, 1.54) is 62.1 Å². The minimum absolute atomic E-state index is 0.00181. The lowest BCUT2D eigenvalue weighted by atomic mass is 9.94. The number of aromatic hydroxyl groups is 1. The number of hydrogen-bond acceptors (Lipinski definition) is 22. The number of nitrogens with zero attached hydrogens (tertiary/aromatic N) is 5. The number of thioether (sulfide) groups is 1. The molecule has 130 heavy (non-hydrogen) atoms. The van der Waals surface area contributed by atoms with Gasteiger partial charge in [0.25, 0.3) is 0 Å². The number of aromatic nitrogens is 2. The van der Waals surface area contributed by atoms with E-state index in [4.69, 9.17) is 22.9 Å². The van der Waals surface area contributed by atoms with Crippen molar-refractivity contribution in [1.29, 1.82) is 0 Å². The summed E-state index contributed by atoms with van der Waals surface area (Å²) < 4.78 is 0.